The number of piperidine rings is 1. The highest BCUT2D eigenvalue weighted by Gasteiger charge is 2.26. The molecule has 1 aromatic heterocycles. The van der Waals surface area contributed by atoms with Crippen molar-refractivity contribution in [3.63, 3.8) is 0 Å². The van der Waals surface area contributed by atoms with E-state index in [0.717, 1.165) is 30.5 Å². The smallest absolute Gasteiger partial charge is 0.131 e. The van der Waals surface area contributed by atoms with Crippen LogP contribution in [0.5, 0.6) is 0 Å². The molecule has 2 rings (SSSR count). The number of aromatic nitrogens is 2. The van der Waals surface area contributed by atoms with E-state index in [1.54, 1.807) is 4.68 Å². The van der Waals surface area contributed by atoms with Crippen molar-refractivity contribution < 1.29 is 0 Å². The van der Waals surface area contributed by atoms with Crippen LogP contribution in [0, 0.1) is 12.3 Å². The van der Waals surface area contributed by atoms with Crippen LogP contribution in [-0.4, -0.2) is 27.8 Å². The van der Waals surface area contributed by atoms with Crippen LogP contribution in [0.25, 0.3) is 0 Å². The van der Waals surface area contributed by atoms with Crippen LogP contribution < -0.4 is 0 Å². The van der Waals surface area contributed by atoms with Gasteiger partial charge >= 0.3 is 0 Å². The molecule has 0 atom stereocenters. The van der Waals surface area contributed by atoms with E-state index in [0.29, 0.717) is 5.41 Å². The van der Waals surface area contributed by atoms with Gasteiger partial charge in [-0.15, -0.1) is 0 Å². The molecule has 96 valence electrons. The Morgan fingerprint density at radius 2 is 1.88 bits per heavy atom. The highest BCUT2D eigenvalue weighted by Crippen LogP contribution is 2.31. The molecule has 0 spiro atoms. The highest BCUT2D eigenvalue weighted by molar-refractivity contribution is 6.30. The molecule has 0 N–H and O–H groups in total. The second kappa shape index (κ2) is 4.62. The van der Waals surface area contributed by atoms with E-state index in [4.69, 9.17) is 11.6 Å². The lowest BCUT2D eigenvalue weighted by molar-refractivity contribution is 0.127. The Morgan fingerprint density at radius 3 is 2.35 bits per heavy atom. The molecule has 0 amide bonds. The Morgan fingerprint density at radius 1 is 1.29 bits per heavy atom. The lowest BCUT2D eigenvalue weighted by atomic mass is 9.82. The minimum Gasteiger partial charge on any atom is -0.299 e. The summed E-state index contributed by atoms with van der Waals surface area (Å²) in [5.74, 6) is 0. The minimum absolute atomic E-state index is 0.504. The summed E-state index contributed by atoms with van der Waals surface area (Å²) in [5, 5.41) is 5.15. The van der Waals surface area contributed by atoms with Crippen LogP contribution in [0.1, 0.15) is 37.9 Å². The van der Waals surface area contributed by atoms with Crippen molar-refractivity contribution in [3.8, 4) is 0 Å². The molecule has 0 radical (unpaired) electrons. The summed E-state index contributed by atoms with van der Waals surface area (Å²) in [7, 11) is 1.90. The minimum atomic E-state index is 0.504. The highest BCUT2D eigenvalue weighted by atomic mass is 35.5. The summed E-state index contributed by atoms with van der Waals surface area (Å²) >= 11 is 6.26. The van der Waals surface area contributed by atoms with Gasteiger partial charge in [-0.1, -0.05) is 25.4 Å². The molecule has 17 heavy (non-hydrogen) atoms. The summed E-state index contributed by atoms with van der Waals surface area (Å²) in [6, 6.07) is 0. The number of likely N-dealkylation sites (tertiary alicyclic amines) is 1. The van der Waals surface area contributed by atoms with E-state index >= 15 is 0 Å². The monoisotopic (exact) mass is 255 g/mol. The first kappa shape index (κ1) is 12.9. The number of rotatable bonds is 2. The van der Waals surface area contributed by atoms with E-state index in [-0.39, 0.29) is 0 Å². The standard InChI is InChI=1S/C13H22ClN3/c1-10-11(12(14)16(4)15-10)9-17-7-5-13(2,3)6-8-17/h5-9H2,1-4H3. The van der Waals surface area contributed by atoms with Crippen LogP contribution in [-0.2, 0) is 13.6 Å². The zero-order chi connectivity index (χ0) is 12.6. The van der Waals surface area contributed by atoms with Gasteiger partial charge in [0.05, 0.1) is 5.69 Å². The average Bonchev–Trinajstić information content (AvgIpc) is 2.48. The molecule has 2 heterocycles. The molecule has 1 aromatic rings. The first-order chi connectivity index (χ1) is 7.89. The maximum Gasteiger partial charge on any atom is 0.131 e. The zero-order valence-corrected chi connectivity index (χ0v) is 12.0. The van der Waals surface area contributed by atoms with Gasteiger partial charge in [0, 0.05) is 19.2 Å². The van der Waals surface area contributed by atoms with Gasteiger partial charge in [0.2, 0.25) is 0 Å². The number of aryl methyl sites for hydroxylation is 2. The van der Waals surface area contributed by atoms with Gasteiger partial charge in [-0.05, 0) is 38.3 Å². The van der Waals surface area contributed by atoms with E-state index in [9.17, 15) is 0 Å². The molecule has 4 heteroatoms. The summed E-state index contributed by atoms with van der Waals surface area (Å²) < 4.78 is 1.76. The largest absolute Gasteiger partial charge is 0.299 e. The first-order valence-electron chi connectivity index (χ1n) is 6.29. The average molecular weight is 256 g/mol. The Hall–Kier alpha value is -0.540. The number of hydrogen-bond donors (Lipinski definition) is 0. The fourth-order valence-corrected chi connectivity index (χ4v) is 2.63. The van der Waals surface area contributed by atoms with Crippen molar-refractivity contribution >= 4 is 11.6 Å². The van der Waals surface area contributed by atoms with Crippen molar-refractivity contribution in [3.05, 3.63) is 16.4 Å². The molecule has 0 saturated carbocycles. The lowest BCUT2D eigenvalue weighted by Crippen LogP contribution is -2.36. The maximum absolute atomic E-state index is 6.26. The van der Waals surface area contributed by atoms with Gasteiger partial charge in [0.25, 0.3) is 0 Å². The molecule has 0 aromatic carbocycles. The summed E-state index contributed by atoms with van der Waals surface area (Å²) in [4.78, 5) is 2.49. The van der Waals surface area contributed by atoms with Gasteiger partial charge in [0.1, 0.15) is 5.15 Å². The molecule has 1 aliphatic rings. The van der Waals surface area contributed by atoms with Gasteiger partial charge in [-0.2, -0.15) is 5.10 Å². The topological polar surface area (TPSA) is 21.1 Å². The SMILES string of the molecule is Cc1nn(C)c(Cl)c1CN1CCC(C)(C)CC1. The number of hydrogen-bond acceptors (Lipinski definition) is 2. The third-order valence-electron chi connectivity index (χ3n) is 3.86. The molecule has 1 saturated heterocycles. The number of halogens is 1. The van der Waals surface area contributed by atoms with Crippen LogP contribution in [0.2, 0.25) is 5.15 Å². The van der Waals surface area contributed by atoms with Crippen LogP contribution in [0.15, 0.2) is 0 Å². The first-order valence-corrected chi connectivity index (χ1v) is 6.67. The van der Waals surface area contributed by atoms with E-state index in [2.05, 4.69) is 23.8 Å². The van der Waals surface area contributed by atoms with Gasteiger partial charge in [-0.25, -0.2) is 0 Å². The third-order valence-corrected chi connectivity index (χ3v) is 4.33. The van der Waals surface area contributed by atoms with Crippen molar-refractivity contribution in [2.45, 2.75) is 40.2 Å². The fraction of sp³-hybridized carbons (Fsp3) is 0.769. The van der Waals surface area contributed by atoms with E-state index in [1.165, 1.54) is 18.4 Å². The number of nitrogens with zero attached hydrogens (tertiary/aromatic N) is 3. The molecule has 0 unspecified atom stereocenters. The van der Waals surface area contributed by atoms with Gasteiger partial charge < -0.3 is 0 Å². The zero-order valence-electron chi connectivity index (χ0n) is 11.3. The van der Waals surface area contributed by atoms with Crippen molar-refractivity contribution in [2.24, 2.45) is 12.5 Å². The Kier molecular flexibility index (Phi) is 3.50. The summed E-state index contributed by atoms with van der Waals surface area (Å²) in [5.41, 5.74) is 2.75. The Balaban J connectivity index is 2.03. The van der Waals surface area contributed by atoms with Crippen LogP contribution in [0.3, 0.4) is 0 Å². The summed E-state index contributed by atoms with van der Waals surface area (Å²) in [6.07, 6.45) is 2.54. The molecular formula is C13H22ClN3. The molecule has 0 aliphatic carbocycles. The predicted molar refractivity (Wildman–Crippen MR) is 71.2 cm³/mol. The maximum atomic E-state index is 6.26. The van der Waals surface area contributed by atoms with Crippen molar-refractivity contribution in [1.82, 2.24) is 14.7 Å². The fourth-order valence-electron chi connectivity index (χ4n) is 2.39. The molecule has 3 nitrogen and oxygen atoms in total. The molecule has 1 aliphatic heterocycles. The third kappa shape index (κ3) is 2.83. The Labute approximate surface area is 109 Å². The predicted octanol–water partition coefficient (Wildman–Crippen LogP) is 3.00. The van der Waals surface area contributed by atoms with Crippen molar-refractivity contribution in [2.75, 3.05) is 13.1 Å². The summed E-state index contributed by atoms with van der Waals surface area (Å²) in [6.45, 7) is 10.0. The normalized spacial score (nSPS) is 20.8. The Bertz CT molecular complexity index is 399. The van der Waals surface area contributed by atoms with Gasteiger partial charge in [0.15, 0.2) is 0 Å². The van der Waals surface area contributed by atoms with Gasteiger partial charge in [-0.3, -0.25) is 9.58 Å². The second-order valence-corrected chi connectivity index (χ2v) is 6.28. The second-order valence-electron chi connectivity index (χ2n) is 5.92. The lowest BCUT2D eigenvalue weighted by Gasteiger charge is -2.36. The van der Waals surface area contributed by atoms with Crippen LogP contribution in [0.4, 0.5) is 0 Å². The van der Waals surface area contributed by atoms with Crippen molar-refractivity contribution in [1.29, 1.82) is 0 Å². The quantitative estimate of drug-likeness (QED) is 0.810. The van der Waals surface area contributed by atoms with Crippen LogP contribution >= 0.6 is 11.6 Å². The molecular weight excluding hydrogens is 234 g/mol. The van der Waals surface area contributed by atoms with E-state index < -0.39 is 0 Å². The molecule has 1 fully saturated rings. The molecule has 0 bridgehead atoms. The van der Waals surface area contributed by atoms with E-state index in [1.807, 2.05) is 14.0 Å².